The average molecular weight is 221 g/mol. The van der Waals surface area contributed by atoms with Gasteiger partial charge in [-0.1, -0.05) is 0 Å². The maximum Gasteiger partial charge on any atom is 0.305 e. The maximum atomic E-state index is 11.0. The summed E-state index contributed by atoms with van der Waals surface area (Å²) >= 11 is 3.76. The Balaban J connectivity index is 3.45. The van der Waals surface area contributed by atoms with Gasteiger partial charge in [0.2, 0.25) is 5.91 Å². The third kappa shape index (κ3) is 5.82. The topological polar surface area (TPSA) is 75.6 Å². The number of methoxy groups -OCH3 is 1. The molecule has 5 nitrogen and oxygen atoms in total. The van der Waals surface area contributed by atoms with Crippen LogP contribution in [-0.4, -0.2) is 42.5 Å². The first-order valence-electron chi connectivity index (χ1n) is 4.25. The van der Waals surface area contributed by atoms with Crippen molar-refractivity contribution in [2.45, 2.75) is 18.9 Å². The maximum absolute atomic E-state index is 11.0. The molecule has 0 bridgehead atoms. The Hall–Kier alpha value is -0.750. The van der Waals surface area contributed by atoms with Gasteiger partial charge < -0.3 is 15.2 Å². The van der Waals surface area contributed by atoms with Crippen molar-refractivity contribution in [1.29, 1.82) is 0 Å². The minimum absolute atomic E-state index is 0.0861. The molecule has 0 radical (unpaired) electrons. The highest BCUT2D eigenvalue weighted by molar-refractivity contribution is 7.80. The molecule has 0 aliphatic heterocycles. The molecule has 0 aromatic carbocycles. The quantitative estimate of drug-likeness (QED) is 0.316. The molecular formula is C8H15NO4S. The first kappa shape index (κ1) is 13.2. The number of aliphatic hydroxyl groups excluding tert-OH is 1. The number of esters is 1. The van der Waals surface area contributed by atoms with Crippen molar-refractivity contribution in [1.82, 2.24) is 5.32 Å². The summed E-state index contributed by atoms with van der Waals surface area (Å²) in [5, 5.41) is 11.5. The van der Waals surface area contributed by atoms with Crippen LogP contribution in [0, 0.1) is 0 Å². The van der Waals surface area contributed by atoms with E-state index >= 15 is 0 Å². The Morgan fingerprint density at radius 3 is 2.71 bits per heavy atom. The Morgan fingerprint density at radius 2 is 2.21 bits per heavy atom. The SMILES string of the molecule is COC(=O)CCCNC(=O)C(O)CS. The molecule has 14 heavy (non-hydrogen) atoms. The molecule has 0 aromatic heterocycles. The van der Waals surface area contributed by atoms with Gasteiger partial charge in [-0.3, -0.25) is 9.59 Å². The number of hydrogen-bond acceptors (Lipinski definition) is 5. The predicted molar refractivity (Wildman–Crippen MR) is 54.1 cm³/mol. The van der Waals surface area contributed by atoms with Crippen molar-refractivity contribution < 1.29 is 19.4 Å². The lowest BCUT2D eigenvalue weighted by Crippen LogP contribution is -2.36. The molecule has 1 amide bonds. The molecule has 0 spiro atoms. The number of aliphatic hydroxyl groups is 1. The zero-order valence-electron chi connectivity index (χ0n) is 8.02. The molecule has 0 saturated heterocycles. The molecular weight excluding hydrogens is 206 g/mol. The molecule has 0 saturated carbocycles. The zero-order chi connectivity index (χ0) is 11.0. The highest BCUT2D eigenvalue weighted by Gasteiger charge is 2.11. The van der Waals surface area contributed by atoms with Crippen molar-refractivity contribution in [2.75, 3.05) is 19.4 Å². The second-order valence-electron chi connectivity index (χ2n) is 2.67. The summed E-state index contributed by atoms with van der Waals surface area (Å²) in [6.07, 6.45) is -0.331. The Morgan fingerprint density at radius 1 is 1.57 bits per heavy atom. The van der Waals surface area contributed by atoms with E-state index in [-0.39, 0.29) is 18.1 Å². The van der Waals surface area contributed by atoms with Crippen molar-refractivity contribution in [3.05, 3.63) is 0 Å². The average Bonchev–Trinajstić information content (AvgIpc) is 2.22. The summed E-state index contributed by atoms with van der Waals surface area (Å²) in [5.41, 5.74) is 0. The van der Waals surface area contributed by atoms with E-state index in [1.807, 2.05) is 0 Å². The van der Waals surface area contributed by atoms with E-state index in [0.29, 0.717) is 13.0 Å². The molecule has 1 unspecified atom stereocenters. The summed E-state index contributed by atoms with van der Waals surface area (Å²) in [5.74, 6) is -0.693. The fourth-order valence-corrected chi connectivity index (χ4v) is 0.913. The van der Waals surface area contributed by atoms with Crippen LogP contribution in [0.1, 0.15) is 12.8 Å². The summed E-state index contributed by atoms with van der Waals surface area (Å²) in [6, 6.07) is 0. The van der Waals surface area contributed by atoms with Gasteiger partial charge in [-0.2, -0.15) is 12.6 Å². The van der Waals surface area contributed by atoms with Gasteiger partial charge in [-0.15, -0.1) is 0 Å². The van der Waals surface area contributed by atoms with Gasteiger partial charge in [0.05, 0.1) is 7.11 Å². The second kappa shape index (κ2) is 7.64. The van der Waals surface area contributed by atoms with Gasteiger partial charge in [0.1, 0.15) is 6.10 Å². The first-order valence-corrected chi connectivity index (χ1v) is 4.88. The largest absolute Gasteiger partial charge is 0.469 e. The van der Waals surface area contributed by atoms with Crippen LogP contribution in [0.15, 0.2) is 0 Å². The van der Waals surface area contributed by atoms with E-state index in [4.69, 9.17) is 5.11 Å². The number of rotatable bonds is 6. The van der Waals surface area contributed by atoms with Gasteiger partial charge in [0.15, 0.2) is 0 Å². The smallest absolute Gasteiger partial charge is 0.305 e. The number of thiol groups is 1. The minimum Gasteiger partial charge on any atom is -0.469 e. The summed E-state index contributed by atoms with van der Waals surface area (Å²) in [4.78, 5) is 21.6. The third-order valence-electron chi connectivity index (χ3n) is 1.56. The molecule has 0 heterocycles. The van der Waals surface area contributed by atoms with Crippen molar-refractivity contribution >= 4 is 24.5 Å². The van der Waals surface area contributed by atoms with E-state index in [2.05, 4.69) is 22.7 Å². The highest BCUT2D eigenvalue weighted by Crippen LogP contribution is 1.91. The second-order valence-corrected chi connectivity index (χ2v) is 3.03. The predicted octanol–water partition coefficient (Wildman–Crippen LogP) is -0.653. The molecule has 0 fully saturated rings. The number of hydrogen-bond donors (Lipinski definition) is 3. The van der Waals surface area contributed by atoms with Crippen LogP contribution in [-0.2, 0) is 14.3 Å². The lowest BCUT2D eigenvalue weighted by molar-refractivity contribution is -0.140. The number of amides is 1. The van der Waals surface area contributed by atoms with Crippen LogP contribution in [0.2, 0.25) is 0 Å². The molecule has 0 aromatic rings. The molecule has 1 atom stereocenters. The minimum atomic E-state index is -1.09. The van der Waals surface area contributed by atoms with Crippen LogP contribution in [0.25, 0.3) is 0 Å². The number of ether oxygens (including phenoxy) is 1. The monoisotopic (exact) mass is 221 g/mol. The van der Waals surface area contributed by atoms with Crippen molar-refractivity contribution in [3.63, 3.8) is 0 Å². The third-order valence-corrected chi connectivity index (χ3v) is 1.91. The molecule has 0 aliphatic carbocycles. The molecule has 0 rings (SSSR count). The molecule has 6 heteroatoms. The van der Waals surface area contributed by atoms with E-state index in [0.717, 1.165) is 0 Å². The number of carbonyl (C=O) groups is 2. The van der Waals surface area contributed by atoms with Crippen LogP contribution < -0.4 is 5.32 Å². The van der Waals surface area contributed by atoms with Gasteiger partial charge >= 0.3 is 5.97 Å². The number of nitrogens with one attached hydrogen (secondary N) is 1. The lowest BCUT2D eigenvalue weighted by atomic mass is 10.3. The normalized spacial score (nSPS) is 11.9. The van der Waals surface area contributed by atoms with E-state index in [1.165, 1.54) is 7.11 Å². The molecule has 82 valence electrons. The summed E-state index contributed by atoms with van der Waals surface area (Å²) < 4.78 is 4.41. The van der Waals surface area contributed by atoms with E-state index in [9.17, 15) is 9.59 Å². The fourth-order valence-electron chi connectivity index (χ4n) is 0.747. The Bertz CT molecular complexity index is 198. The van der Waals surface area contributed by atoms with E-state index < -0.39 is 12.0 Å². The van der Waals surface area contributed by atoms with Gasteiger partial charge in [-0.25, -0.2) is 0 Å². The van der Waals surface area contributed by atoms with Crippen LogP contribution in [0.4, 0.5) is 0 Å². The highest BCUT2D eigenvalue weighted by atomic mass is 32.1. The zero-order valence-corrected chi connectivity index (χ0v) is 8.92. The van der Waals surface area contributed by atoms with E-state index in [1.54, 1.807) is 0 Å². The first-order chi connectivity index (χ1) is 6.61. The van der Waals surface area contributed by atoms with Crippen molar-refractivity contribution in [2.24, 2.45) is 0 Å². The van der Waals surface area contributed by atoms with Gasteiger partial charge in [0, 0.05) is 18.7 Å². The molecule has 0 aliphatic rings. The lowest BCUT2D eigenvalue weighted by Gasteiger charge is -2.07. The Kier molecular flexibility index (Phi) is 7.23. The van der Waals surface area contributed by atoms with Crippen LogP contribution in [0.5, 0.6) is 0 Å². The van der Waals surface area contributed by atoms with Crippen molar-refractivity contribution in [3.8, 4) is 0 Å². The van der Waals surface area contributed by atoms with Gasteiger partial charge in [0.25, 0.3) is 0 Å². The van der Waals surface area contributed by atoms with Crippen LogP contribution >= 0.6 is 12.6 Å². The standard InChI is InChI=1S/C8H15NO4S/c1-13-7(11)3-2-4-9-8(12)6(10)5-14/h6,10,14H,2-5H2,1H3,(H,9,12). The van der Waals surface area contributed by atoms with Gasteiger partial charge in [-0.05, 0) is 6.42 Å². The fraction of sp³-hybridized carbons (Fsp3) is 0.750. The molecule has 2 N–H and O–H groups in total. The summed E-state index contributed by atoms with van der Waals surface area (Å²) in [6.45, 7) is 0.346. The number of carbonyl (C=O) groups excluding carboxylic acids is 2. The summed E-state index contributed by atoms with van der Waals surface area (Å²) in [7, 11) is 1.31. The van der Waals surface area contributed by atoms with Crippen LogP contribution in [0.3, 0.4) is 0 Å². The Labute approximate surface area is 88.2 Å².